The number of aryl methyl sites for hydroxylation is 1. The first-order valence-electron chi connectivity index (χ1n) is 6.37. The van der Waals surface area contributed by atoms with Gasteiger partial charge in [-0.3, -0.25) is 0 Å². The van der Waals surface area contributed by atoms with Gasteiger partial charge in [0.25, 0.3) is 0 Å². The molecule has 2 aromatic carbocycles. The summed E-state index contributed by atoms with van der Waals surface area (Å²) in [7, 11) is 0. The lowest BCUT2D eigenvalue weighted by atomic mass is 9.76. The van der Waals surface area contributed by atoms with Crippen LogP contribution in [0.25, 0.3) is 0 Å². The van der Waals surface area contributed by atoms with Gasteiger partial charge in [0.15, 0.2) is 0 Å². The van der Waals surface area contributed by atoms with Gasteiger partial charge in [0.1, 0.15) is 0 Å². The lowest BCUT2D eigenvalue weighted by Gasteiger charge is -2.30. The second-order valence-corrected chi connectivity index (χ2v) is 7.71. The average Bonchev–Trinajstić information content (AvgIpc) is 2.35. The normalized spacial score (nSPS) is 11.7. The Hall–Kier alpha value is -0.1000. The smallest absolute Gasteiger partial charge is 0.0200 e. The van der Waals surface area contributed by atoms with E-state index >= 15 is 0 Å². The first-order chi connectivity index (χ1) is 8.85. The summed E-state index contributed by atoms with van der Waals surface area (Å²) in [6, 6.07) is 13.2. The Morgan fingerprint density at radius 1 is 0.842 bits per heavy atom. The molecule has 0 nitrogen and oxygen atoms in total. The summed E-state index contributed by atoms with van der Waals surface area (Å²) < 4.78 is 2.72. The van der Waals surface area contributed by atoms with Crippen molar-refractivity contribution in [3.8, 4) is 0 Å². The first-order valence-corrected chi connectivity index (χ1v) is 8.52. The van der Waals surface area contributed by atoms with Gasteiger partial charge in [-0.1, -0.05) is 44.2 Å². The van der Waals surface area contributed by atoms with E-state index in [0.717, 1.165) is 0 Å². The van der Waals surface area contributed by atoms with Crippen molar-refractivity contribution in [1.29, 1.82) is 0 Å². The monoisotopic (exact) mass is 476 g/mol. The van der Waals surface area contributed by atoms with Gasteiger partial charge in [-0.15, -0.1) is 0 Å². The molecule has 100 valence electrons. The molecule has 0 aliphatic heterocycles. The molecule has 2 rings (SSSR count). The van der Waals surface area contributed by atoms with Crippen LogP contribution in [-0.4, -0.2) is 0 Å². The van der Waals surface area contributed by atoms with E-state index in [1.54, 1.807) is 0 Å². The van der Waals surface area contributed by atoms with E-state index in [-0.39, 0.29) is 5.41 Å². The molecule has 19 heavy (non-hydrogen) atoms. The molecule has 0 aromatic heterocycles. The molecule has 0 radical (unpaired) electrons. The van der Waals surface area contributed by atoms with E-state index < -0.39 is 0 Å². The first kappa shape index (κ1) is 15.3. The summed E-state index contributed by atoms with van der Waals surface area (Å²) in [6.07, 6.45) is 0. The largest absolute Gasteiger partial charge is 0.0616 e. The second-order valence-electron chi connectivity index (χ2n) is 5.47. The predicted molar refractivity (Wildman–Crippen MR) is 99.9 cm³/mol. The summed E-state index contributed by atoms with van der Waals surface area (Å²) in [5, 5.41) is 0. The van der Waals surface area contributed by atoms with Gasteiger partial charge in [-0.25, -0.2) is 0 Å². The third kappa shape index (κ3) is 2.84. The summed E-state index contributed by atoms with van der Waals surface area (Å²) in [6.45, 7) is 9.05. The lowest BCUT2D eigenvalue weighted by Crippen LogP contribution is -2.22. The molecule has 0 heterocycles. The number of hydrogen-bond donors (Lipinski definition) is 0. The fourth-order valence-electron chi connectivity index (χ4n) is 2.56. The molecular weight excluding hydrogens is 458 g/mol. The van der Waals surface area contributed by atoms with Crippen LogP contribution in [0, 0.1) is 21.0 Å². The highest BCUT2D eigenvalue weighted by Crippen LogP contribution is 2.37. The predicted octanol–water partition coefficient (Wildman–Crippen LogP) is 5.84. The molecule has 0 amide bonds. The molecule has 0 N–H and O–H groups in total. The Morgan fingerprint density at radius 2 is 1.42 bits per heavy atom. The molecule has 0 spiro atoms. The van der Waals surface area contributed by atoms with Crippen molar-refractivity contribution in [3.05, 3.63) is 65.8 Å². The molecule has 0 bridgehead atoms. The van der Waals surface area contributed by atoms with Crippen LogP contribution in [0.3, 0.4) is 0 Å². The topological polar surface area (TPSA) is 0 Å². The van der Waals surface area contributed by atoms with E-state index in [1.807, 2.05) is 0 Å². The van der Waals surface area contributed by atoms with Crippen LogP contribution in [0.1, 0.15) is 36.1 Å². The van der Waals surface area contributed by atoms with E-state index in [4.69, 9.17) is 0 Å². The molecule has 2 heteroatoms. The number of hydrogen-bond acceptors (Lipinski definition) is 0. The van der Waals surface area contributed by atoms with Crippen molar-refractivity contribution < 1.29 is 0 Å². The Balaban J connectivity index is 2.65. The van der Waals surface area contributed by atoms with Crippen molar-refractivity contribution in [2.75, 3.05) is 0 Å². The minimum absolute atomic E-state index is 0.0355. The molecule has 0 saturated heterocycles. The van der Waals surface area contributed by atoms with Crippen LogP contribution in [0.2, 0.25) is 0 Å². The standard InChI is InChI=1S/C17H18I2/c1-11-7-5-9-14(16(11)19)17(3,4)13-8-6-10-15(18)12(13)2/h5-10H,1-4H3. The SMILES string of the molecule is Cc1cccc(C(C)(C)c2cccc(I)c2C)c1I. The van der Waals surface area contributed by atoms with Crippen molar-refractivity contribution in [1.82, 2.24) is 0 Å². The molecule has 2 aromatic rings. The fraction of sp³-hybridized carbons (Fsp3) is 0.294. The summed E-state index contributed by atoms with van der Waals surface area (Å²) in [4.78, 5) is 0. The molecule has 0 atom stereocenters. The summed E-state index contributed by atoms with van der Waals surface area (Å²) >= 11 is 4.90. The highest BCUT2D eigenvalue weighted by atomic mass is 127. The third-order valence-electron chi connectivity index (χ3n) is 3.81. The number of benzene rings is 2. The number of halogens is 2. The quantitative estimate of drug-likeness (QED) is 0.479. The highest BCUT2D eigenvalue weighted by molar-refractivity contribution is 14.1. The van der Waals surface area contributed by atoms with Gasteiger partial charge >= 0.3 is 0 Å². The lowest BCUT2D eigenvalue weighted by molar-refractivity contribution is 0.630. The molecule has 0 saturated carbocycles. The molecule has 0 aliphatic carbocycles. The summed E-state index contributed by atoms with van der Waals surface area (Å²) in [5.74, 6) is 0. The Labute approximate surface area is 143 Å². The third-order valence-corrected chi connectivity index (χ3v) is 6.41. The van der Waals surface area contributed by atoms with Crippen LogP contribution < -0.4 is 0 Å². The minimum Gasteiger partial charge on any atom is -0.0616 e. The van der Waals surface area contributed by atoms with Crippen LogP contribution >= 0.6 is 45.2 Å². The van der Waals surface area contributed by atoms with Crippen molar-refractivity contribution in [3.63, 3.8) is 0 Å². The van der Waals surface area contributed by atoms with Crippen LogP contribution in [0.4, 0.5) is 0 Å². The molecular formula is C17H18I2. The average molecular weight is 476 g/mol. The van der Waals surface area contributed by atoms with Gasteiger partial charge in [-0.2, -0.15) is 0 Å². The van der Waals surface area contributed by atoms with Gasteiger partial charge in [0.2, 0.25) is 0 Å². The van der Waals surface area contributed by atoms with Crippen LogP contribution in [0.15, 0.2) is 36.4 Å². The Morgan fingerprint density at radius 3 is 2.11 bits per heavy atom. The van der Waals surface area contributed by atoms with E-state index in [1.165, 1.54) is 29.4 Å². The molecule has 0 unspecified atom stereocenters. The van der Waals surface area contributed by atoms with Gasteiger partial charge in [-0.05, 0) is 87.3 Å². The zero-order valence-corrected chi connectivity index (χ0v) is 16.0. The van der Waals surface area contributed by atoms with Gasteiger partial charge < -0.3 is 0 Å². The van der Waals surface area contributed by atoms with Gasteiger partial charge in [0, 0.05) is 12.6 Å². The Kier molecular flexibility index (Phi) is 4.60. The summed E-state index contributed by atoms with van der Waals surface area (Å²) in [5.41, 5.74) is 5.62. The molecule has 0 fully saturated rings. The maximum absolute atomic E-state index is 2.48. The maximum Gasteiger partial charge on any atom is 0.0200 e. The fourth-order valence-corrected chi connectivity index (χ4v) is 4.09. The zero-order valence-electron chi connectivity index (χ0n) is 11.7. The Bertz CT molecular complexity index is 559. The van der Waals surface area contributed by atoms with Crippen molar-refractivity contribution >= 4 is 45.2 Å². The van der Waals surface area contributed by atoms with Crippen molar-refractivity contribution in [2.45, 2.75) is 33.1 Å². The molecule has 0 aliphatic rings. The van der Waals surface area contributed by atoms with E-state index in [9.17, 15) is 0 Å². The van der Waals surface area contributed by atoms with E-state index in [0.29, 0.717) is 0 Å². The van der Waals surface area contributed by atoms with Crippen LogP contribution in [0.5, 0.6) is 0 Å². The van der Waals surface area contributed by atoms with E-state index in [2.05, 4.69) is 109 Å². The minimum atomic E-state index is 0.0355. The van der Waals surface area contributed by atoms with Crippen LogP contribution in [-0.2, 0) is 5.41 Å². The zero-order chi connectivity index (χ0) is 14.2. The number of rotatable bonds is 2. The van der Waals surface area contributed by atoms with Gasteiger partial charge in [0.05, 0.1) is 0 Å². The second kappa shape index (κ2) is 5.72. The highest BCUT2D eigenvalue weighted by Gasteiger charge is 2.27. The maximum atomic E-state index is 2.48. The van der Waals surface area contributed by atoms with Crippen molar-refractivity contribution in [2.24, 2.45) is 0 Å².